The Morgan fingerprint density at radius 2 is 1.79 bits per heavy atom. The average Bonchev–Trinajstić information content (AvgIpc) is 3.30. The largest absolute Gasteiger partial charge is 0.322 e. The molecule has 0 unspecified atom stereocenters. The Kier molecular flexibility index (Phi) is 5.02. The number of piperidine rings is 1. The third kappa shape index (κ3) is 3.58. The van der Waals surface area contributed by atoms with Crippen LogP contribution < -0.4 is 10.2 Å². The van der Waals surface area contributed by atoms with Crippen molar-refractivity contribution in [1.82, 2.24) is 9.55 Å². The van der Waals surface area contributed by atoms with Crippen molar-refractivity contribution < 1.29 is 14.4 Å². The number of aromatic nitrogens is 2. The van der Waals surface area contributed by atoms with E-state index in [1.54, 1.807) is 30.5 Å². The zero-order chi connectivity index (χ0) is 20.5. The summed E-state index contributed by atoms with van der Waals surface area (Å²) in [4.78, 5) is 42.4. The highest BCUT2D eigenvalue weighted by atomic mass is 32.1. The second-order valence-electron chi connectivity index (χ2n) is 6.91. The normalized spacial score (nSPS) is 14.3. The van der Waals surface area contributed by atoms with E-state index in [9.17, 15) is 14.4 Å². The van der Waals surface area contributed by atoms with Crippen molar-refractivity contribution in [2.75, 3.05) is 10.2 Å². The van der Waals surface area contributed by atoms with Crippen LogP contribution in [-0.4, -0.2) is 27.3 Å². The first-order valence-corrected chi connectivity index (χ1v) is 10.2. The fourth-order valence-corrected chi connectivity index (χ4v) is 4.30. The van der Waals surface area contributed by atoms with E-state index in [0.717, 1.165) is 16.5 Å². The number of amides is 3. The predicted octanol–water partition coefficient (Wildman–Crippen LogP) is 3.85. The molecule has 1 aromatic carbocycles. The average molecular weight is 408 g/mol. The van der Waals surface area contributed by atoms with E-state index in [-0.39, 0.29) is 17.7 Å². The molecule has 2 aromatic heterocycles. The number of nitrogens with zero attached hydrogens (tertiary/aromatic N) is 3. The van der Waals surface area contributed by atoms with Crippen molar-refractivity contribution in [3.8, 4) is 5.13 Å². The fraction of sp³-hybridized carbons (Fsp3) is 0.238. The predicted molar refractivity (Wildman–Crippen MR) is 112 cm³/mol. The number of anilines is 2. The standard InChI is InChI=1S/C21H20N4O3S/c1-13-12-17(14(2)24(13)21-22-10-11-29-21)20(28)23-15-6-8-16(9-7-15)25-18(26)4-3-5-19(25)27/h6-12H,3-5H2,1-2H3,(H,23,28). The number of hydrogen-bond donors (Lipinski definition) is 1. The van der Waals surface area contributed by atoms with E-state index >= 15 is 0 Å². The number of carbonyl (C=O) groups excluding carboxylic acids is 3. The Morgan fingerprint density at radius 3 is 2.41 bits per heavy atom. The molecule has 4 rings (SSSR count). The molecule has 0 spiro atoms. The molecule has 29 heavy (non-hydrogen) atoms. The zero-order valence-corrected chi connectivity index (χ0v) is 17.0. The summed E-state index contributed by atoms with van der Waals surface area (Å²) in [6.45, 7) is 3.83. The second-order valence-corrected chi connectivity index (χ2v) is 7.79. The van der Waals surface area contributed by atoms with Gasteiger partial charge in [0.15, 0.2) is 5.13 Å². The van der Waals surface area contributed by atoms with Crippen molar-refractivity contribution in [2.45, 2.75) is 33.1 Å². The molecular weight excluding hydrogens is 388 g/mol. The fourth-order valence-electron chi connectivity index (χ4n) is 3.55. The van der Waals surface area contributed by atoms with Gasteiger partial charge in [0.2, 0.25) is 11.8 Å². The lowest BCUT2D eigenvalue weighted by Gasteiger charge is -2.24. The van der Waals surface area contributed by atoms with Gasteiger partial charge in [-0.05, 0) is 50.6 Å². The first-order chi connectivity index (χ1) is 14.0. The molecule has 0 bridgehead atoms. The summed E-state index contributed by atoms with van der Waals surface area (Å²) in [5.74, 6) is -0.598. The Bertz CT molecular complexity index is 1070. The van der Waals surface area contributed by atoms with Crippen molar-refractivity contribution >= 4 is 40.4 Å². The Hall–Kier alpha value is -3.26. The molecule has 3 aromatic rings. The molecule has 1 aliphatic heterocycles. The van der Waals surface area contributed by atoms with E-state index in [2.05, 4.69) is 10.3 Å². The molecule has 1 N–H and O–H groups in total. The van der Waals surface area contributed by atoms with Crippen LogP contribution in [0.15, 0.2) is 41.9 Å². The van der Waals surface area contributed by atoms with Crippen LogP contribution in [0, 0.1) is 13.8 Å². The summed E-state index contributed by atoms with van der Waals surface area (Å²) in [5.41, 5.74) is 3.44. The number of aryl methyl sites for hydroxylation is 1. The number of thiazole rings is 1. The van der Waals surface area contributed by atoms with Gasteiger partial charge in [0.25, 0.3) is 5.91 Å². The SMILES string of the molecule is Cc1cc(C(=O)Nc2ccc(N3C(=O)CCCC3=O)cc2)c(C)n1-c1nccs1. The summed E-state index contributed by atoms with van der Waals surface area (Å²) in [6, 6.07) is 8.58. The van der Waals surface area contributed by atoms with E-state index in [1.165, 1.54) is 16.2 Å². The van der Waals surface area contributed by atoms with Gasteiger partial charge in [-0.3, -0.25) is 23.9 Å². The highest BCUT2D eigenvalue weighted by Gasteiger charge is 2.27. The highest BCUT2D eigenvalue weighted by molar-refractivity contribution is 7.12. The van der Waals surface area contributed by atoms with Gasteiger partial charge in [0, 0.05) is 41.5 Å². The summed E-state index contributed by atoms with van der Waals surface area (Å²) in [6.07, 6.45) is 3.08. The van der Waals surface area contributed by atoms with Gasteiger partial charge < -0.3 is 5.32 Å². The number of rotatable bonds is 4. The lowest BCUT2D eigenvalue weighted by Crippen LogP contribution is -2.40. The van der Waals surface area contributed by atoms with Gasteiger partial charge in [0.05, 0.1) is 11.3 Å². The third-order valence-electron chi connectivity index (χ3n) is 4.95. The summed E-state index contributed by atoms with van der Waals surface area (Å²) >= 11 is 1.51. The lowest BCUT2D eigenvalue weighted by atomic mass is 10.1. The second kappa shape index (κ2) is 7.63. The quantitative estimate of drug-likeness (QED) is 0.665. The Balaban J connectivity index is 1.53. The first kappa shape index (κ1) is 19.1. The molecule has 0 saturated carbocycles. The number of hydrogen-bond acceptors (Lipinski definition) is 5. The zero-order valence-electron chi connectivity index (χ0n) is 16.1. The van der Waals surface area contributed by atoms with Crippen LogP contribution in [0.3, 0.4) is 0 Å². The minimum Gasteiger partial charge on any atom is -0.322 e. The number of nitrogens with one attached hydrogen (secondary N) is 1. The van der Waals surface area contributed by atoms with Crippen LogP contribution >= 0.6 is 11.3 Å². The molecule has 8 heteroatoms. The smallest absolute Gasteiger partial charge is 0.257 e. The number of benzene rings is 1. The molecule has 0 atom stereocenters. The Labute approximate surface area is 172 Å². The molecule has 1 aliphatic rings. The van der Waals surface area contributed by atoms with Crippen molar-refractivity contribution in [2.24, 2.45) is 0 Å². The topological polar surface area (TPSA) is 84.3 Å². The highest BCUT2D eigenvalue weighted by Crippen LogP contribution is 2.25. The van der Waals surface area contributed by atoms with Crippen LogP contribution in [0.2, 0.25) is 0 Å². The monoisotopic (exact) mass is 408 g/mol. The number of imide groups is 1. The molecule has 1 saturated heterocycles. The molecule has 1 fully saturated rings. The summed E-state index contributed by atoms with van der Waals surface area (Å²) < 4.78 is 1.95. The third-order valence-corrected chi connectivity index (χ3v) is 5.71. The van der Waals surface area contributed by atoms with Gasteiger partial charge >= 0.3 is 0 Å². The molecule has 0 radical (unpaired) electrons. The van der Waals surface area contributed by atoms with Crippen molar-refractivity contribution in [3.63, 3.8) is 0 Å². The van der Waals surface area contributed by atoms with Gasteiger partial charge in [-0.25, -0.2) is 4.98 Å². The molecular formula is C21H20N4O3S. The van der Waals surface area contributed by atoms with Crippen LogP contribution in [-0.2, 0) is 9.59 Å². The van der Waals surface area contributed by atoms with E-state index in [0.29, 0.717) is 36.2 Å². The molecule has 7 nitrogen and oxygen atoms in total. The van der Waals surface area contributed by atoms with Gasteiger partial charge in [-0.2, -0.15) is 0 Å². The minimum atomic E-state index is -0.223. The van der Waals surface area contributed by atoms with Crippen LogP contribution in [0.4, 0.5) is 11.4 Å². The maximum Gasteiger partial charge on any atom is 0.257 e. The van der Waals surface area contributed by atoms with Gasteiger partial charge in [-0.15, -0.1) is 11.3 Å². The number of carbonyl (C=O) groups is 3. The molecule has 0 aliphatic carbocycles. The van der Waals surface area contributed by atoms with E-state index in [4.69, 9.17) is 0 Å². The van der Waals surface area contributed by atoms with E-state index in [1.807, 2.05) is 29.9 Å². The van der Waals surface area contributed by atoms with Crippen LogP contribution in [0.5, 0.6) is 0 Å². The Morgan fingerprint density at radius 1 is 1.10 bits per heavy atom. The maximum atomic E-state index is 12.8. The molecule has 3 amide bonds. The van der Waals surface area contributed by atoms with Crippen LogP contribution in [0.1, 0.15) is 41.0 Å². The molecule has 3 heterocycles. The van der Waals surface area contributed by atoms with Gasteiger partial charge in [-0.1, -0.05) is 0 Å². The lowest BCUT2D eigenvalue weighted by molar-refractivity contribution is -0.129. The minimum absolute atomic E-state index is 0.187. The van der Waals surface area contributed by atoms with E-state index < -0.39 is 0 Å². The maximum absolute atomic E-state index is 12.8. The molecule has 148 valence electrons. The first-order valence-electron chi connectivity index (χ1n) is 9.31. The summed E-state index contributed by atoms with van der Waals surface area (Å²) in [5, 5.41) is 5.59. The van der Waals surface area contributed by atoms with Gasteiger partial charge in [0.1, 0.15) is 0 Å². The summed E-state index contributed by atoms with van der Waals surface area (Å²) in [7, 11) is 0. The van der Waals surface area contributed by atoms with Crippen LogP contribution in [0.25, 0.3) is 5.13 Å². The van der Waals surface area contributed by atoms with Crippen molar-refractivity contribution in [3.05, 3.63) is 58.9 Å². The van der Waals surface area contributed by atoms with Crippen molar-refractivity contribution in [1.29, 1.82) is 0 Å².